The van der Waals surface area contributed by atoms with E-state index in [-0.39, 0.29) is 6.61 Å². The summed E-state index contributed by atoms with van der Waals surface area (Å²) in [6, 6.07) is 13.2. The van der Waals surface area contributed by atoms with Crippen molar-refractivity contribution in [3.05, 3.63) is 54.1 Å². The highest BCUT2D eigenvalue weighted by molar-refractivity contribution is 5.77. The molecular formula is C16H14O5. The van der Waals surface area contributed by atoms with Gasteiger partial charge in [-0.1, -0.05) is 18.2 Å². The summed E-state index contributed by atoms with van der Waals surface area (Å²) in [5.74, 6) is 0.896. The molecule has 2 aromatic carbocycles. The average molecular weight is 286 g/mol. The van der Waals surface area contributed by atoms with Crippen LogP contribution in [0, 0.1) is 0 Å². The number of carbonyl (C=O) groups is 2. The number of ether oxygens (including phenoxy) is 3. The summed E-state index contributed by atoms with van der Waals surface area (Å²) >= 11 is 0. The van der Waals surface area contributed by atoms with Crippen LogP contribution in [0.2, 0.25) is 0 Å². The number of hydrogen-bond acceptors (Lipinski definition) is 5. The van der Waals surface area contributed by atoms with E-state index in [1.54, 1.807) is 49.6 Å². The number of benzene rings is 2. The summed E-state index contributed by atoms with van der Waals surface area (Å²) < 4.78 is 15.4. The molecular weight excluding hydrogens is 272 g/mol. The van der Waals surface area contributed by atoms with Gasteiger partial charge < -0.3 is 14.2 Å². The van der Waals surface area contributed by atoms with Gasteiger partial charge in [0.1, 0.15) is 23.5 Å². The average Bonchev–Trinajstić information content (AvgIpc) is 2.53. The molecule has 0 bridgehead atoms. The van der Waals surface area contributed by atoms with Crippen molar-refractivity contribution < 1.29 is 23.8 Å². The number of hydrogen-bond donors (Lipinski definition) is 0. The van der Waals surface area contributed by atoms with E-state index in [1.807, 2.05) is 0 Å². The highest BCUT2D eigenvalue weighted by Crippen LogP contribution is 2.19. The van der Waals surface area contributed by atoms with E-state index in [1.165, 1.54) is 6.07 Å². The van der Waals surface area contributed by atoms with Crippen LogP contribution in [0.25, 0.3) is 0 Å². The molecule has 0 unspecified atom stereocenters. The van der Waals surface area contributed by atoms with E-state index in [0.717, 1.165) is 0 Å². The molecule has 2 rings (SSSR count). The molecule has 0 atom stereocenters. The third-order valence-electron chi connectivity index (χ3n) is 2.62. The maximum atomic E-state index is 11.7. The van der Waals surface area contributed by atoms with Gasteiger partial charge in [0.05, 0.1) is 7.11 Å². The zero-order valence-corrected chi connectivity index (χ0v) is 11.4. The molecule has 0 aliphatic rings. The van der Waals surface area contributed by atoms with Crippen LogP contribution in [0.15, 0.2) is 48.5 Å². The van der Waals surface area contributed by atoms with Gasteiger partial charge in [0.2, 0.25) is 0 Å². The lowest BCUT2D eigenvalue weighted by Crippen LogP contribution is -2.17. The highest BCUT2D eigenvalue weighted by atomic mass is 16.6. The molecule has 0 aliphatic heterocycles. The summed E-state index contributed by atoms with van der Waals surface area (Å²) in [4.78, 5) is 22.3. The van der Waals surface area contributed by atoms with Gasteiger partial charge in [0, 0.05) is 11.6 Å². The number of rotatable bonds is 6. The Hall–Kier alpha value is -2.82. The number of aldehydes is 1. The minimum absolute atomic E-state index is 0.238. The molecule has 0 spiro atoms. The van der Waals surface area contributed by atoms with Crippen LogP contribution in [0.3, 0.4) is 0 Å². The Morgan fingerprint density at radius 1 is 1.05 bits per heavy atom. The molecule has 5 nitrogen and oxygen atoms in total. The second-order valence-electron chi connectivity index (χ2n) is 4.13. The summed E-state index contributed by atoms with van der Waals surface area (Å²) in [7, 11) is 1.55. The Morgan fingerprint density at radius 3 is 2.52 bits per heavy atom. The maximum absolute atomic E-state index is 11.7. The van der Waals surface area contributed by atoms with Gasteiger partial charge in [-0.15, -0.1) is 0 Å². The normalized spacial score (nSPS) is 9.76. The van der Waals surface area contributed by atoms with Crippen molar-refractivity contribution in [1.29, 1.82) is 0 Å². The van der Waals surface area contributed by atoms with E-state index in [4.69, 9.17) is 14.2 Å². The van der Waals surface area contributed by atoms with Crippen LogP contribution in [0.1, 0.15) is 10.4 Å². The molecule has 21 heavy (non-hydrogen) atoms. The zero-order chi connectivity index (χ0) is 15.1. The second-order valence-corrected chi connectivity index (χ2v) is 4.13. The molecule has 0 saturated heterocycles. The first kappa shape index (κ1) is 14.6. The smallest absolute Gasteiger partial charge is 0.349 e. The molecule has 0 saturated carbocycles. The molecule has 2 aromatic rings. The molecule has 0 aromatic heterocycles. The Balaban J connectivity index is 1.90. The third kappa shape index (κ3) is 4.35. The lowest BCUT2D eigenvalue weighted by molar-refractivity contribution is -0.136. The van der Waals surface area contributed by atoms with Gasteiger partial charge in [-0.05, 0) is 24.3 Å². The van der Waals surface area contributed by atoms with E-state index in [9.17, 15) is 9.59 Å². The Morgan fingerprint density at radius 2 is 1.76 bits per heavy atom. The largest absolute Gasteiger partial charge is 0.497 e. The maximum Gasteiger partial charge on any atom is 0.349 e. The van der Waals surface area contributed by atoms with Crippen molar-refractivity contribution in [3.8, 4) is 17.2 Å². The third-order valence-corrected chi connectivity index (χ3v) is 2.62. The summed E-state index contributed by atoms with van der Waals surface area (Å²) in [5.41, 5.74) is 0.439. The van der Waals surface area contributed by atoms with Gasteiger partial charge in [-0.25, -0.2) is 4.79 Å². The topological polar surface area (TPSA) is 61.8 Å². The monoisotopic (exact) mass is 286 g/mol. The van der Waals surface area contributed by atoms with Gasteiger partial charge in [0.15, 0.2) is 6.61 Å². The number of esters is 1. The van der Waals surface area contributed by atoms with Crippen molar-refractivity contribution in [2.45, 2.75) is 0 Å². The minimum Gasteiger partial charge on any atom is -0.497 e. The quantitative estimate of drug-likeness (QED) is 0.464. The van der Waals surface area contributed by atoms with E-state index >= 15 is 0 Å². The second kappa shape index (κ2) is 7.09. The zero-order valence-electron chi connectivity index (χ0n) is 11.4. The van der Waals surface area contributed by atoms with Crippen molar-refractivity contribution in [2.75, 3.05) is 13.7 Å². The van der Waals surface area contributed by atoms with Crippen molar-refractivity contribution in [2.24, 2.45) is 0 Å². The van der Waals surface area contributed by atoms with Crippen LogP contribution in [0.4, 0.5) is 0 Å². The Labute approximate surface area is 122 Å². The van der Waals surface area contributed by atoms with E-state index < -0.39 is 5.97 Å². The van der Waals surface area contributed by atoms with Crippen molar-refractivity contribution in [1.82, 2.24) is 0 Å². The molecule has 0 fully saturated rings. The van der Waals surface area contributed by atoms with Crippen molar-refractivity contribution in [3.63, 3.8) is 0 Å². The van der Waals surface area contributed by atoms with E-state index in [0.29, 0.717) is 29.1 Å². The van der Waals surface area contributed by atoms with Crippen LogP contribution in [-0.2, 0) is 4.79 Å². The predicted octanol–water partition coefficient (Wildman–Crippen LogP) is 2.49. The molecule has 0 heterocycles. The molecule has 0 radical (unpaired) electrons. The van der Waals surface area contributed by atoms with Crippen LogP contribution in [-0.4, -0.2) is 26.0 Å². The summed E-state index contributed by atoms with van der Waals surface area (Å²) in [6.45, 7) is -0.238. The fraction of sp³-hybridized carbons (Fsp3) is 0.125. The molecule has 5 heteroatoms. The first-order valence-electron chi connectivity index (χ1n) is 6.24. The van der Waals surface area contributed by atoms with Gasteiger partial charge in [-0.3, -0.25) is 4.79 Å². The van der Waals surface area contributed by atoms with Crippen LogP contribution >= 0.6 is 0 Å². The minimum atomic E-state index is -0.555. The standard InChI is InChI=1S/C16H14O5/c1-19-13-5-3-6-14(9-13)20-11-16(18)21-15-7-2-4-12(8-15)10-17/h2-10H,11H2,1H3. The molecule has 108 valence electrons. The first-order valence-corrected chi connectivity index (χ1v) is 6.24. The Kier molecular flexibility index (Phi) is 4.93. The number of methoxy groups -OCH3 is 1. The fourth-order valence-corrected chi connectivity index (χ4v) is 1.65. The SMILES string of the molecule is COc1cccc(OCC(=O)Oc2cccc(C=O)c2)c1. The summed E-state index contributed by atoms with van der Waals surface area (Å²) in [5, 5.41) is 0. The lowest BCUT2D eigenvalue weighted by atomic mass is 10.2. The van der Waals surface area contributed by atoms with Crippen LogP contribution < -0.4 is 14.2 Å². The van der Waals surface area contributed by atoms with Gasteiger partial charge >= 0.3 is 5.97 Å². The summed E-state index contributed by atoms with van der Waals surface area (Å²) in [6.07, 6.45) is 0.685. The van der Waals surface area contributed by atoms with Crippen molar-refractivity contribution >= 4 is 12.3 Å². The van der Waals surface area contributed by atoms with Gasteiger partial charge in [0.25, 0.3) is 0 Å². The lowest BCUT2D eigenvalue weighted by Gasteiger charge is -2.08. The molecule has 0 N–H and O–H groups in total. The highest BCUT2D eigenvalue weighted by Gasteiger charge is 2.07. The van der Waals surface area contributed by atoms with Crippen LogP contribution in [0.5, 0.6) is 17.2 Å². The predicted molar refractivity (Wildman–Crippen MR) is 76.0 cm³/mol. The Bertz CT molecular complexity index is 636. The number of carbonyl (C=O) groups excluding carboxylic acids is 2. The molecule has 0 aliphatic carbocycles. The fourth-order valence-electron chi connectivity index (χ4n) is 1.65. The molecule has 0 amide bonds. The van der Waals surface area contributed by atoms with Gasteiger partial charge in [-0.2, -0.15) is 0 Å². The first-order chi connectivity index (χ1) is 10.2. The van der Waals surface area contributed by atoms with E-state index in [2.05, 4.69) is 0 Å².